The first-order chi connectivity index (χ1) is 10.9. The van der Waals surface area contributed by atoms with Crippen molar-refractivity contribution in [2.75, 3.05) is 33.8 Å². The van der Waals surface area contributed by atoms with E-state index in [9.17, 15) is 4.79 Å². The normalized spacial score (nSPS) is 12.1. The quantitative estimate of drug-likeness (QED) is 0.381. The Labute approximate surface area is 137 Å². The number of carbonyl (C=O) groups is 1. The fourth-order valence-corrected chi connectivity index (χ4v) is 1.77. The highest BCUT2D eigenvalue weighted by molar-refractivity contribution is 5.92. The van der Waals surface area contributed by atoms with E-state index in [2.05, 4.69) is 20.9 Å². The third-order valence-corrected chi connectivity index (χ3v) is 3.46. The Hall–Kier alpha value is -2.02. The number of furan rings is 1. The van der Waals surface area contributed by atoms with Crippen molar-refractivity contribution in [3.05, 3.63) is 23.7 Å². The molecule has 0 atom stereocenters. The van der Waals surface area contributed by atoms with Gasteiger partial charge in [-0.3, -0.25) is 9.79 Å². The van der Waals surface area contributed by atoms with E-state index in [0.29, 0.717) is 31.4 Å². The van der Waals surface area contributed by atoms with E-state index >= 15 is 0 Å². The van der Waals surface area contributed by atoms with Crippen LogP contribution in [0, 0.1) is 6.92 Å². The molecule has 0 unspecified atom stereocenters. The van der Waals surface area contributed by atoms with Gasteiger partial charge in [0.25, 0.3) is 5.91 Å². The Kier molecular flexibility index (Phi) is 7.61. The first kappa shape index (κ1) is 19.0. The molecule has 1 aromatic heterocycles. The van der Waals surface area contributed by atoms with Gasteiger partial charge < -0.3 is 25.1 Å². The Balaban J connectivity index is 2.21. The highest BCUT2D eigenvalue weighted by Crippen LogP contribution is 2.07. The van der Waals surface area contributed by atoms with Crippen molar-refractivity contribution in [1.29, 1.82) is 0 Å². The van der Waals surface area contributed by atoms with Gasteiger partial charge in [0.15, 0.2) is 11.7 Å². The van der Waals surface area contributed by atoms with Crippen LogP contribution in [0.2, 0.25) is 0 Å². The van der Waals surface area contributed by atoms with Crippen LogP contribution in [0.25, 0.3) is 0 Å². The molecule has 0 spiro atoms. The maximum Gasteiger partial charge on any atom is 0.287 e. The molecule has 1 heterocycles. The molecule has 0 bridgehead atoms. The number of amides is 1. The molecule has 1 rings (SSSR count). The molecule has 7 nitrogen and oxygen atoms in total. The molecule has 3 N–H and O–H groups in total. The van der Waals surface area contributed by atoms with Gasteiger partial charge in [0.1, 0.15) is 0 Å². The van der Waals surface area contributed by atoms with Crippen molar-refractivity contribution in [2.45, 2.75) is 32.8 Å². The Morgan fingerprint density at radius 1 is 1.30 bits per heavy atom. The summed E-state index contributed by atoms with van der Waals surface area (Å²) < 4.78 is 10.5. The zero-order valence-electron chi connectivity index (χ0n) is 14.7. The average Bonchev–Trinajstić information content (AvgIpc) is 2.96. The van der Waals surface area contributed by atoms with E-state index in [1.807, 2.05) is 20.8 Å². The van der Waals surface area contributed by atoms with Gasteiger partial charge in [-0.2, -0.15) is 0 Å². The van der Waals surface area contributed by atoms with Crippen LogP contribution in [0.4, 0.5) is 0 Å². The van der Waals surface area contributed by atoms with Gasteiger partial charge >= 0.3 is 0 Å². The summed E-state index contributed by atoms with van der Waals surface area (Å²) in [5.74, 6) is 0.900. The van der Waals surface area contributed by atoms with E-state index in [1.165, 1.54) is 6.26 Å². The number of hydrogen-bond donors (Lipinski definition) is 3. The minimum absolute atomic E-state index is 0.183. The van der Waals surface area contributed by atoms with Gasteiger partial charge in [-0.25, -0.2) is 0 Å². The molecule has 0 aliphatic rings. The van der Waals surface area contributed by atoms with E-state index in [-0.39, 0.29) is 11.5 Å². The Bertz CT molecular complexity index is 523. The van der Waals surface area contributed by atoms with E-state index in [4.69, 9.17) is 9.15 Å². The number of methoxy groups -OCH3 is 1. The fraction of sp³-hybridized carbons (Fsp3) is 0.625. The van der Waals surface area contributed by atoms with E-state index in [1.54, 1.807) is 20.2 Å². The minimum atomic E-state index is -0.257. The Morgan fingerprint density at radius 3 is 2.57 bits per heavy atom. The highest BCUT2D eigenvalue weighted by Gasteiger charge is 2.16. The molecule has 1 aromatic rings. The lowest BCUT2D eigenvalue weighted by molar-refractivity contribution is 0.0268. The average molecular weight is 324 g/mol. The second-order valence-electron chi connectivity index (χ2n) is 5.86. The topological polar surface area (TPSA) is 87.9 Å². The number of carbonyl (C=O) groups excluding carboxylic acids is 1. The van der Waals surface area contributed by atoms with Gasteiger partial charge in [-0.15, -0.1) is 0 Å². The molecule has 0 aliphatic carbocycles. The molecule has 0 radical (unpaired) electrons. The van der Waals surface area contributed by atoms with Gasteiger partial charge in [-0.05, 0) is 33.3 Å². The monoisotopic (exact) mass is 324 g/mol. The van der Waals surface area contributed by atoms with Crippen molar-refractivity contribution in [3.8, 4) is 0 Å². The molecule has 0 aromatic carbocycles. The van der Waals surface area contributed by atoms with Gasteiger partial charge in [-0.1, -0.05) is 0 Å². The Morgan fingerprint density at radius 2 is 2.00 bits per heavy atom. The molecule has 1 amide bonds. The molecule has 0 saturated carbocycles. The number of guanidine groups is 1. The molecule has 0 aliphatic heterocycles. The molecule has 23 heavy (non-hydrogen) atoms. The van der Waals surface area contributed by atoms with Crippen molar-refractivity contribution in [3.63, 3.8) is 0 Å². The van der Waals surface area contributed by atoms with Crippen LogP contribution in [0.1, 0.15) is 36.4 Å². The zero-order valence-corrected chi connectivity index (χ0v) is 14.7. The summed E-state index contributed by atoms with van der Waals surface area (Å²) in [4.78, 5) is 16.0. The zero-order chi connectivity index (χ0) is 17.3. The smallest absolute Gasteiger partial charge is 0.287 e. The largest absolute Gasteiger partial charge is 0.459 e. The summed E-state index contributed by atoms with van der Waals surface area (Å²) in [6.07, 6.45) is 2.29. The lowest BCUT2D eigenvalue weighted by Crippen LogP contribution is -2.45. The van der Waals surface area contributed by atoms with Crippen molar-refractivity contribution in [2.24, 2.45) is 4.99 Å². The molecule has 130 valence electrons. The summed E-state index contributed by atoms with van der Waals surface area (Å²) in [5.41, 5.74) is 0.581. The van der Waals surface area contributed by atoms with Crippen LogP contribution in [-0.4, -0.2) is 51.3 Å². The maximum absolute atomic E-state index is 11.9. The fourth-order valence-electron chi connectivity index (χ4n) is 1.77. The van der Waals surface area contributed by atoms with Crippen LogP contribution < -0.4 is 16.0 Å². The first-order valence-electron chi connectivity index (χ1n) is 7.71. The van der Waals surface area contributed by atoms with E-state index < -0.39 is 0 Å². The summed E-state index contributed by atoms with van der Waals surface area (Å²) >= 11 is 0. The standard InChI is InChI=1S/C16H28N4O3/c1-12-7-10-23-13(12)14(21)18-8-6-9-19-15(17-4)20-11-16(2,3)22-5/h7,10H,6,8-9,11H2,1-5H3,(H,18,21)(H2,17,19,20). The molecular formula is C16H28N4O3. The number of hydrogen-bond acceptors (Lipinski definition) is 4. The van der Waals surface area contributed by atoms with Crippen LogP contribution in [0.15, 0.2) is 21.7 Å². The molecule has 7 heteroatoms. The van der Waals surface area contributed by atoms with Gasteiger partial charge in [0, 0.05) is 39.4 Å². The van der Waals surface area contributed by atoms with Gasteiger partial charge in [0.2, 0.25) is 0 Å². The summed E-state index contributed by atoms with van der Waals surface area (Å²) in [6.45, 7) is 7.75. The number of aryl methyl sites for hydroxylation is 1. The minimum Gasteiger partial charge on any atom is -0.459 e. The van der Waals surface area contributed by atoms with Crippen molar-refractivity contribution in [1.82, 2.24) is 16.0 Å². The van der Waals surface area contributed by atoms with Crippen LogP contribution >= 0.6 is 0 Å². The second kappa shape index (κ2) is 9.19. The molecule has 0 fully saturated rings. The highest BCUT2D eigenvalue weighted by atomic mass is 16.5. The van der Waals surface area contributed by atoms with Crippen molar-refractivity contribution < 1.29 is 13.9 Å². The molecular weight excluding hydrogens is 296 g/mol. The van der Waals surface area contributed by atoms with Gasteiger partial charge in [0.05, 0.1) is 11.9 Å². The number of nitrogens with zero attached hydrogens (tertiary/aromatic N) is 1. The lowest BCUT2D eigenvalue weighted by atomic mass is 10.1. The van der Waals surface area contributed by atoms with Crippen LogP contribution in [0.5, 0.6) is 0 Å². The van der Waals surface area contributed by atoms with E-state index in [0.717, 1.165) is 12.0 Å². The van der Waals surface area contributed by atoms with Crippen LogP contribution in [-0.2, 0) is 4.74 Å². The first-order valence-corrected chi connectivity index (χ1v) is 7.71. The van der Waals surface area contributed by atoms with Crippen molar-refractivity contribution >= 4 is 11.9 Å². The number of rotatable bonds is 8. The summed E-state index contributed by atoms with van der Waals surface area (Å²) in [5, 5.41) is 9.23. The second-order valence-corrected chi connectivity index (χ2v) is 5.86. The number of aliphatic imine (C=N–C) groups is 1. The third kappa shape index (κ3) is 6.73. The summed E-state index contributed by atoms with van der Waals surface area (Å²) in [7, 11) is 3.40. The number of nitrogens with one attached hydrogen (secondary N) is 3. The number of ether oxygens (including phenoxy) is 1. The lowest BCUT2D eigenvalue weighted by Gasteiger charge is -2.24. The summed E-state index contributed by atoms with van der Waals surface area (Å²) in [6, 6.07) is 1.77. The maximum atomic E-state index is 11.9. The SMILES string of the molecule is CN=C(NCCCNC(=O)c1occc1C)NCC(C)(C)OC. The van der Waals surface area contributed by atoms with Crippen LogP contribution in [0.3, 0.4) is 0 Å². The predicted molar refractivity (Wildman–Crippen MR) is 90.8 cm³/mol. The molecule has 0 saturated heterocycles. The third-order valence-electron chi connectivity index (χ3n) is 3.46. The predicted octanol–water partition coefficient (Wildman–Crippen LogP) is 1.30.